The van der Waals surface area contributed by atoms with Crippen molar-refractivity contribution < 1.29 is 5.11 Å². The fourth-order valence-corrected chi connectivity index (χ4v) is 2.80. The van der Waals surface area contributed by atoms with Gasteiger partial charge in [0.2, 0.25) is 0 Å². The first-order valence-corrected chi connectivity index (χ1v) is 7.05. The zero-order valence-electron chi connectivity index (χ0n) is 11.2. The van der Waals surface area contributed by atoms with Crippen molar-refractivity contribution in [1.29, 1.82) is 0 Å². The maximum Gasteiger partial charge on any atom is 0.120 e. The van der Waals surface area contributed by atoms with Gasteiger partial charge in [0.15, 0.2) is 0 Å². The van der Waals surface area contributed by atoms with Crippen LogP contribution in [0.2, 0.25) is 0 Å². The van der Waals surface area contributed by atoms with E-state index in [1.807, 2.05) is 18.2 Å². The molecule has 0 saturated carbocycles. The summed E-state index contributed by atoms with van der Waals surface area (Å²) in [7, 11) is 0. The number of rotatable bonds is 4. The van der Waals surface area contributed by atoms with Crippen molar-refractivity contribution >= 4 is 40.7 Å². The highest BCUT2D eigenvalue weighted by atomic mass is 79.9. The summed E-state index contributed by atoms with van der Waals surface area (Å²) in [5.74, 6) is 0.364. The Labute approximate surface area is 141 Å². The summed E-state index contributed by atoms with van der Waals surface area (Å²) < 4.78 is 1.000. The minimum absolute atomic E-state index is 0. The Bertz CT molecular complexity index is 426. The van der Waals surface area contributed by atoms with Crippen LogP contribution in [0.15, 0.2) is 35.3 Å². The average Bonchev–Trinajstić information content (AvgIpc) is 2.40. The topological polar surface area (TPSA) is 35.5 Å². The van der Waals surface area contributed by atoms with Crippen LogP contribution in [0, 0.1) is 0 Å². The number of piperazine rings is 1. The number of hydrogen-bond donors (Lipinski definition) is 2. The van der Waals surface area contributed by atoms with E-state index in [2.05, 4.69) is 32.7 Å². The van der Waals surface area contributed by atoms with E-state index in [0.29, 0.717) is 5.75 Å². The second-order valence-electron chi connectivity index (χ2n) is 4.53. The number of halogens is 3. The lowest BCUT2D eigenvalue weighted by Crippen LogP contribution is -2.45. The van der Waals surface area contributed by atoms with E-state index >= 15 is 0 Å². The molecule has 1 aliphatic rings. The van der Waals surface area contributed by atoms with E-state index in [4.69, 9.17) is 0 Å². The first kappa shape index (κ1) is 19.7. The first-order chi connectivity index (χ1) is 8.72. The van der Waals surface area contributed by atoms with E-state index in [1.54, 1.807) is 6.07 Å². The van der Waals surface area contributed by atoms with Gasteiger partial charge in [-0.3, -0.25) is 4.90 Å². The fraction of sp³-hybridized carbons (Fsp3) is 0.429. The molecule has 6 heteroatoms. The van der Waals surface area contributed by atoms with Gasteiger partial charge >= 0.3 is 0 Å². The summed E-state index contributed by atoms with van der Waals surface area (Å²) in [4.78, 5) is 2.40. The number of benzene rings is 1. The van der Waals surface area contributed by atoms with Gasteiger partial charge in [0, 0.05) is 42.3 Å². The Hall–Kier alpha value is -0.260. The zero-order chi connectivity index (χ0) is 13.0. The zero-order valence-corrected chi connectivity index (χ0v) is 14.4. The molecule has 2 N–H and O–H groups in total. The number of phenols is 1. The molecule has 1 aliphatic heterocycles. The van der Waals surface area contributed by atoms with Crippen LogP contribution in [-0.2, 0) is 0 Å². The summed E-state index contributed by atoms with van der Waals surface area (Å²) in [6.45, 7) is 7.85. The molecule has 0 spiro atoms. The molecule has 1 saturated heterocycles. The molecule has 1 aromatic rings. The maximum atomic E-state index is 10.1. The second kappa shape index (κ2) is 9.64. The Morgan fingerprint density at radius 2 is 2.00 bits per heavy atom. The molecule has 0 radical (unpaired) electrons. The quantitative estimate of drug-likeness (QED) is 0.780. The van der Waals surface area contributed by atoms with Crippen molar-refractivity contribution in [2.24, 2.45) is 0 Å². The number of phenolic OH excluding ortho intramolecular Hbond substituents is 1. The molecule has 0 aliphatic carbocycles. The maximum absolute atomic E-state index is 10.1. The van der Waals surface area contributed by atoms with Gasteiger partial charge in [0.05, 0.1) is 0 Å². The van der Waals surface area contributed by atoms with Crippen LogP contribution in [0.1, 0.15) is 18.0 Å². The highest BCUT2D eigenvalue weighted by molar-refractivity contribution is 9.10. The van der Waals surface area contributed by atoms with Gasteiger partial charge in [-0.15, -0.1) is 31.4 Å². The summed E-state index contributed by atoms with van der Waals surface area (Å²) in [5, 5.41) is 13.4. The number of aromatic hydroxyl groups is 1. The standard InChI is InChI=1S/C14H19BrN2O.2ClH/c1-2-3-13(17-8-6-16-7-9-17)12-10-11(15)4-5-14(12)18;;/h2,4-5,10,13,16,18H,1,3,6-9H2;2*1H/t13-;;/m1../s1. The van der Waals surface area contributed by atoms with Crippen LogP contribution in [0.4, 0.5) is 0 Å². The molecule has 1 fully saturated rings. The van der Waals surface area contributed by atoms with Crippen LogP contribution in [0.25, 0.3) is 0 Å². The molecule has 1 atom stereocenters. The third kappa shape index (κ3) is 4.93. The Balaban J connectivity index is 0.00000180. The molecule has 1 heterocycles. The molecule has 0 bridgehead atoms. The molecule has 2 rings (SSSR count). The summed E-state index contributed by atoms with van der Waals surface area (Å²) in [5.41, 5.74) is 0.978. The van der Waals surface area contributed by atoms with Crippen molar-refractivity contribution in [3.63, 3.8) is 0 Å². The minimum atomic E-state index is 0. The third-order valence-corrected chi connectivity index (χ3v) is 3.82. The van der Waals surface area contributed by atoms with Gasteiger partial charge in [-0.1, -0.05) is 22.0 Å². The number of hydrogen-bond acceptors (Lipinski definition) is 3. The van der Waals surface area contributed by atoms with Gasteiger partial charge in [0.1, 0.15) is 5.75 Å². The summed E-state index contributed by atoms with van der Waals surface area (Å²) in [6.07, 6.45) is 2.77. The Morgan fingerprint density at radius 3 is 2.60 bits per heavy atom. The van der Waals surface area contributed by atoms with Gasteiger partial charge < -0.3 is 10.4 Å². The predicted octanol–water partition coefficient (Wildman–Crippen LogP) is 3.52. The van der Waals surface area contributed by atoms with Crippen LogP contribution in [0.5, 0.6) is 5.75 Å². The van der Waals surface area contributed by atoms with Gasteiger partial charge in [-0.05, 0) is 24.6 Å². The van der Waals surface area contributed by atoms with Crippen molar-refractivity contribution in [2.75, 3.05) is 26.2 Å². The molecule has 1 aromatic carbocycles. The monoisotopic (exact) mass is 382 g/mol. The molecule has 3 nitrogen and oxygen atoms in total. The SMILES string of the molecule is C=CC[C@H](c1cc(Br)ccc1O)N1CCNCC1.Cl.Cl. The third-order valence-electron chi connectivity index (χ3n) is 3.33. The highest BCUT2D eigenvalue weighted by Gasteiger charge is 2.23. The van der Waals surface area contributed by atoms with E-state index in [0.717, 1.165) is 42.6 Å². The van der Waals surface area contributed by atoms with Crippen LogP contribution in [0.3, 0.4) is 0 Å². The van der Waals surface area contributed by atoms with Crippen LogP contribution < -0.4 is 5.32 Å². The van der Waals surface area contributed by atoms with Crippen molar-refractivity contribution in [3.05, 3.63) is 40.9 Å². The number of nitrogens with one attached hydrogen (secondary N) is 1. The highest BCUT2D eigenvalue weighted by Crippen LogP contribution is 2.33. The largest absolute Gasteiger partial charge is 0.508 e. The Morgan fingerprint density at radius 1 is 1.35 bits per heavy atom. The van der Waals surface area contributed by atoms with E-state index < -0.39 is 0 Å². The smallest absolute Gasteiger partial charge is 0.120 e. The molecular weight excluding hydrogens is 363 g/mol. The lowest BCUT2D eigenvalue weighted by Gasteiger charge is -2.35. The van der Waals surface area contributed by atoms with Crippen LogP contribution >= 0.6 is 40.7 Å². The first-order valence-electron chi connectivity index (χ1n) is 6.26. The predicted molar refractivity (Wildman–Crippen MR) is 92.3 cm³/mol. The van der Waals surface area contributed by atoms with Gasteiger partial charge in [-0.2, -0.15) is 0 Å². The number of nitrogens with zero attached hydrogens (tertiary/aromatic N) is 1. The molecular formula is C14H21BrCl2N2O. The van der Waals surface area contributed by atoms with Crippen LogP contribution in [-0.4, -0.2) is 36.2 Å². The van der Waals surface area contributed by atoms with Crippen molar-refractivity contribution in [1.82, 2.24) is 10.2 Å². The fourth-order valence-electron chi connectivity index (χ4n) is 2.42. The van der Waals surface area contributed by atoms with Crippen molar-refractivity contribution in [2.45, 2.75) is 12.5 Å². The molecule has 20 heavy (non-hydrogen) atoms. The molecule has 0 aromatic heterocycles. The van der Waals surface area contributed by atoms with Gasteiger partial charge in [0.25, 0.3) is 0 Å². The van der Waals surface area contributed by atoms with E-state index in [9.17, 15) is 5.11 Å². The molecule has 0 amide bonds. The lowest BCUT2D eigenvalue weighted by molar-refractivity contribution is 0.172. The van der Waals surface area contributed by atoms with Crippen molar-refractivity contribution in [3.8, 4) is 5.75 Å². The lowest BCUT2D eigenvalue weighted by atomic mass is 10.00. The minimum Gasteiger partial charge on any atom is -0.508 e. The van der Waals surface area contributed by atoms with E-state index in [1.165, 1.54) is 0 Å². The second-order valence-corrected chi connectivity index (χ2v) is 5.44. The molecule has 0 unspecified atom stereocenters. The Kier molecular flexibility index (Phi) is 9.51. The summed E-state index contributed by atoms with van der Waals surface area (Å²) in [6, 6.07) is 5.83. The van der Waals surface area contributed by atoms with Gasteiger partial charge in [-0.25, -0.2) is 0 Å². The molecule has 114 valence electrons. The summed E-state index contributed by atoms with van der Waals surface area (Å²) >= 11 is 3.47. The average molecular weight is 384 g/mol. The normalized spacial score (nSPS) is 16.6. The van der Waals surface area contributed by atoms with E-state index in [-0.39, 0.29) is 30.9 Å².